The SMILES string of the molecule is CC(C)Nc1cc(-n2ncc3cc(C#N)cnc32)ncc1-n1cc(CCC(C)(C)N(C)C(C)C(=O)O)nn1. The molecular weight excluding hydrogens is 484 g/mol. The Bertz CT molecular complexity index is 1500. The second-order valence-electron chi connectivity index (χ2n) is 10.3. The van der Waals surface area contributed by atoms with E-state index in [-0.39, 0.29) is 11.6 Å². The third-order valence-electron chi connectivity index (χ3n) is 6.74. The number of hydrogen-bond acceptors (Lipinski definition) is 9. The topological polar surface area (TPSA) is 151 Å². The fraction of sp³-hybridized carbons (Fsp3) is 0.423. The molecule has 0 fully saturated rings. The number of hydrogen-bond donors (Lipinski definition) is 2. The van der Waals surface area contributed by atoms with Crippen molar-refractivity contribution in [3.05, 3.63) is 48.2 Å². The van der Waals surface area contributed by atoms with Crippen LogP contribution in [-0.4, -0.2) is 75.4 Å². The zero-order valence-corrected chi connectivity index (χ0v) is 22.4. The van der Waals surface area contributed by atoms with Gasteiger partial charge < -0.3 is 10.4 Å². The average molecular weight is 517 g/mol. The predicted octanol–water partition coefficient (Wildman–Crippen LogP) is 3.20. The van der Waals surface area contributed by atoms with Gasteiger partial charge in [0.1, 0.15) is 17.8 Å². The van der Waals surface area contributed by atoms with E-state index in [2.05, 4.69) is 36.8 Å². The molecule has 0 aliphatic carbocycles. The van der Waals surface area contributed by atoms with Crippen molar-refractivity contribution in [1.29, 1.82) is 5.26 Å². The lowest BCUT2D eigenvalue weighted by molar-refractivity contribution is -0.144. The van der Waals surface area contributed by atoms with Gasteiger partial charge in [0.25, 0.3) is 0 Å². The van der Waals surface area contributed by atoms with Crippen LogP contribution >= 0.6 is 0 Å². The number of anilines is 1. The number of nitriles is 1. The van der Waals surface area contributed by atoms with Crippen molar-refractivity contribution < 1.29 is 9.90 Å². The van der Waals surface area contributed by atoms with Crippen LogP contribution in [0.1, 0.15) is 52.3 Å². The van der Waals surface area contributed by atoms with Gasteiger partial charge in [-0.2, -0.15) is 15.0 Å². The highest BCUT2D eigenvalue weighted by molar-refractivity contribution is 5.77. The molecule has 0 amide bonds. The molecule has 4 rings (SSSR count). The largest absolute Gasteiger partial charge is 0.480 e. The molecule has 2 N–H and O–H groups in total. The number of aryl methyl sites for hydroxylation is 1. The zero-order chi connectivity index (χ0) is 27.6. The Labute approximate surface area is 220 Å². The molecule has 4 heterocycles. The van der Waals surface area contributed by atoms with Crippen LogP contribution in [0.2, 0.25) is 0 Å². The molecule has 38 heavy (non-hydrogen) atoms. The van der Waals surface area contributed by atoms with Crippen LogP contribution in [0, 0.1) is 11.3 Å². The maximum atomic E-state index is 11.4. The van der Waals surface area contributed by atoms with Gasteiger partial charge in [-0.1, -0.05) is 5.21 Å². The number of nitrogens with zero attached hydrogens (tertiary/aromatic N) is 9. The fourth-order valence-corrected chi connectivity index (χ4v) is 4.14. The normalized spacial score (nSPS) is 12.7. The van der Waals surface area contributed by atoms with Crippen molar-refractivity contribution in [2.24, 2.45) is 0 Å². The number of fused-ring (bicyclic) bond motifs is 1. The third kappa shape index (κ3) is 5.47. The smallest absolute Gasteiger partial charge is 0.320 e. The number of carboxylic acids is 1. The molecule has 12 nitrogen and oxygen atoms in total. The highest BCUT2D eigenvalue weighted by Crippen LogP contribution is 2.26. The van der Waals surface area contributed by atoms with E-state index in [1.807, 2.05) is 51.9 Å². The molecule has 0 aliphatic rings. The molecule has 0 bridgehead atoms. The molecule has 0 aromatic carbocycles. The van der Waals surface area contributed by atoms with Crippen molar-refractivity contribution in [1.82, 2.24) is 39.6 Å². The maximum Gasteiger partial charge on any atom is 0.320 e. The summed E-state index contributed by atoms with van der Waals surface area (Å²) in [5.41, 5.74) is 3.06. The second kappa shape index (κ2) is 10.5. The molecule has 12 heteroatoms. The van der Waals surface area contributed by atoms with E-state index in [9.17, 15) is 9.90 Å². The highest BCUT2D eigenvalue weighted by Gasteiger charge is 2.30. The molecule has 1 atom stereocenters. The van der Waals surface area contributed by atoms with E-state index in [0.717, 1.165) is 22.5 Å². The van der Waals surface area contributed by atoms with Crippen molar-refractivity contribution in [3.8, 4) is 17.6 Å². The first-order valence-corrected chi connectivity index (χ1v) is 12.4. The quantitative estimate of drug-likeness (QED) is 0.321. The van der Waals surface area contributed by atoms with Gasteiger partial charge in [0.05, 0.1) is 35.5 Å². The Morgan fingerprint density at radius 2 is 1.97 bits per heavy atom. The minimum absolute atomic E-state index is 0.144. The predicted molar refractivity (Wildman–Crippen MR) is 142 cm³/mol. The summed E-state index contributed by atoms with van der Waals surface area (Å²) in [6.45, 7) is 9.83. The number of carbonyl (C=O) groups is 1. The number of pyridine rings is 2. The summed E-state index contributed by atoms with van der Waals surface area (Å²) in [5.74, 6) is -0.278. The lowest BCUT2D eigenvalue weighted by atomic mass is 9.94. The van der Waals surface area contributed by atoms with Gasteiger partial charge in [-0.25, -0.2) is 14.6 Å². The third-order valence-corrected chi connectivity index (χ3v) is 6.74. The number of nitrogens with one attached hydrogen (secondary N) is 1. The van der Waals surface area contributed by atoms with Crippen LogP contribution in [0.5, 0.6) is 0 Å². The summed E-state index contributed by atoms with van der Waals surface area (Å²) in [4.78, 5) is 22.3. The van der Waals surface area contributed by atoms with Crippen molar-refractivity contribution in [2.45, 2.75) is 65.1 Å². The average Bonchev–Trinajstić information content (AvgIpc) is 3.53. The zero-order valence-electron chi connectivity index (χ0n) is 22.4. The van der Waals surface area contributed by atoms with Crippen LogP contribution in [0.4, 0.5) is 5.69 Å². The van der Waals surface area contributed by atoms with Crippen LogP contribution in [0.15, 0.2) is 36.9 Å². The van der Waals surface area contributed by atoms with Gasteiger partial charge in [0.15, 0.2) is 11.5 Å². The van der Waals surface area contributed by atoms with Crippen LogP contribution in [0.3, 0.4) is 0 Å². The second-order valence-corrected chi connectivity index (χ2v) is 10.3. The van der Waals surface area contributed by atoms with Gasteiger partial charge in [0.2, 0.25) is 0 Å². The summed E-state index contributed by atoms with van der Waals surface area (Å²) in [5, 5.41) is 35.8. The van der Waals surface area contributed by atoms with Crippen molar-refractivity contribution in [3.63, 3.8) is 0 Å². The number of likely N-dealkylation sites (N-methyl/N-ethyl adjacent to an activating group) is 1. The lowest BCUT2D eigenvalue weighted by Crippen LogP contribution is -2.49. The summed E-state index contributed by atoms with van der Waals surface area (Å²) >= 11 is 0. The summed E-state index contributed by atoms with van der Waals surface area (Å²) in [7, 11) is 1.83. The first-order valence-electron chi connectivity index (χ1n) is 12.4. The van der Waals surface area contributed by atoms with E-state index in [1.54, 1.807) is 34.7 Å². The minimum atomic E-state index is -0.849. The van der Waals surface area contributed by atoms with E-state index in [0.29, 0.717) is 29.9 Å². The Morgan fingerprint density at radius 1 is 1.21 bits per heavy atom. The Balaban J connectivity index is 1.60. The van der Waals surface area contributed by atoms with Gasteiger partial charge >= 0.3 is 5.97 Å². The summed E-state index contributed by atoms with van der Waals surface area (Å²) < 4.78 is 3.32. The minimum Gasteiger partial charge on any atom is -0.480 e. The molecule has 0 spiro atoms. The van der Waals surface area contributed by atoms with Crippen LogP contribution < -0.4 is 5.32 Å². The number of aliphatic carboxylic acids is 1. The van der Waals surface area contributed by atoms with Crippen molar-refractivity contribution in [2.75, 3.05) is 12.4 Å². The highest BCUT2D eigenvalue weighted by atomic mass is 16.4. The molecule has 4 aromatic rings. The van der Waals surface area contributed by atoms with Gasteiger partial charge in [-0.3, -0.25) is 9.69 Å². The number of carboxylic acid groups (broad SMARTS) is 1. The first-order chi connectivity index (χ1) is 18.0. The molecule has 0 saturated heterocycles. The molecule has 0 radical (unpaired) electrons. The summed E-state index contributed by atoms with van der Waals surface area (Å²) in [6, 6.07) is 5.27. The molecule has 1 unspecified atom stereocenters. The number of rotatable bonds is 10. The van der Waals surface area contributed by atoms with E-state index in [1.165, 1.54) is 6.20 Å². The van der Waals surface area contributed by atoms with Crippen LogP contribution in [-0.2, 0) is 11.2 Å². The monoisotopic (exact) mass is 516 g/mol. The Morgan fingerprint density at radius 3 is 2.66 bits per heavy atom. The molecule has 0 saturated carbocycles. The van der Waals surface area contributed by atoms with Crippen molar-refractivity contribution >= 4 is 22.7 Å². The van der Waals surface area contributed by atoms with Gasteiger partial charge in [-0.15, -0.1) is 5.10 Å². The maximum absolute atomic E-state index is 11.4. The molecule has 4 aromatic heterocycles. The number of aromatic nitrogens is 7. The lowest BCUT2D eigenvalue weighted by Gasteiger charge is -2.38. The van der Waals surface area contributed by atoms with Gasteiger partial charge in [0, 0.05) is 29.2 Å². The first kappa shape index (κ1) is 26.7. The summed E-state index contributed by atoms with van der Waals surface area (Å²) in [6.07, 6.45) is 8.10. The van der Waals surface area contributed by atoms with E-state index >= 15 is 0 Å². The Hall–Kier alpha value is -4.37. The fourth-order valence-electron chi connectivity index (χ4n) is 4.14. The molecule has 0 aliphatic heterocycles. The standard InChI is InChI=1S/C26H32N10O2/c1-16(2)31-21-10-23(36-24-19(13-30-36)9-18(11-27)12-29-24)28-14-22(21)35-15-20(32-33-35)7-8-26(4,5)34(6)17(3)25(37)38/h9-10,12-17H,7-8H2,1-6H3,(H,28,31)(H,37,38). The van der Waals surface area contributed by atoms with E-state index in [4.69, 9.17) is 5.26 Å². The molecule has 198 valence electrons. The molecular formula is C26H32N10O2. The van der Waals surface area contributed by atoms with Gasteiger partial charge in [-0.05, 0) is 60.6 Å². The van der Waals surface area contributed by atoms with Crippen LogP contribution in [0.25, 0.3) is 22.5 Å². The van der Waals surface area contributed by atoms with E-state index < -0.39 is 12.0 Å². The Kier molecular flexibility index (Phi) is 7.41.